The van der Waals surface area contributed by atoms with Crippen LogP contribution in [0.5, 0.6) is 6.01 Å². The smallest absolute Gasteiger partial charge is 0.357 e. The Morgan fingerprint density at radius 3 is 2.73 bits per heavy atom. The second-order valence-corrected chi connectivity index (χ2v) is 7.59. The summed E-state index contributed by atoms with van der Waals surface area (Å²) in [6.07, 6.45) is 1.55. The molecular formula is C21H24FN5O3. The van der Waals surface area contributed by atoms with Crippen LogP contribution in [0.25, 0.3) is 16.7 Å². The number of ether oxygens (including phenoxy) is 2. The minimum absolute atomic E-state index is 0.0306. The van der Waals surface area contributed by atoms with Crippen LogP contribution in [0.3, 0.4) is 0 Å². The lowest BCUT2D eigenvalue weighted by Crippen LogP contribution is -2.38. The first-order valence-electron chi connectivity index (χ1n) is 9.74. The van der Waals surface area contributed by atoms with Crippen LogP contribution in [0.4, 0.5) is 4.39 Å². The van der Waals surface area contributed by atoms with Crippen LogP contribution in [0.1, 0.15) is 34.0 Å². The number of aryl methyl sites for hydroxylation is 1. The fourth-order valence-electron chi connectivity index (χ4n) is 4.01. The van der Waals surface area contributed by atoms with Crippen molar-refractivity contribution in [1.29, 1.82) is 0 Å². The molecule has 0 saturated carbocycles. The average Bonchev–Trinajstić information content (AvgIpc) is 3.15. The summed E-state index contributed by atoms with van der Waals surface area (Å²) in [5.41, 5.74) is 2.85. The van der Waals surface area contributed by atoms with Gasteiger partial charge in [0.25, 0.3) is 0 Å². The van der Waals surface area contributed by atoms with Crippen molar-refractivity contribution in [3.8, 4) is 11.8 Å². The molecule has 0 radical (unpaired) electrons. The van der Waals surface area contributed by atoms with Crippen LogP contribution in [0.15, 0.2) is 24.4 Å². The molecule has 1 aromatic carbocycles. The highest BCUT2D eigenvalue weighted by Crippen LogP contribution is 2.34. The van der Waals surface area contributed by atoms with E-state index < -0.39 is 12.1 Å². The number of hydrogen-bond acceptors (Lipinski definition) is 7. The summed E-state index contributed by atoms with van der Waals surface area (Å²) in [4.78, 5) is 22.4. The maximum Gasteiger partial charge on any atom is 0.357 e. The molecule has 2 aromatic heterocycles. The first-order valence-corrected chi connectivity index (χ1v) is 9.74. The summed E-state index contributed by atoms with van der Waals surface area (Å²) in [5, 5.41) is 5.34. The number of fused-ring (bicyclic) bond motifs is 1. The van der Waals surface area contributed by atoms with Crippen LogP contribution >= 0.6 is 0 Å². The lowest BCUT2D eigenvalue weighted by molar-refractivity contribution is 0.0592. The second-order valence-electron chi connectivity index (χ2n) is 7.59. The van der Waals surface area contributed by atoms with Gasteiger partial charge in [-0.15, -0.1) is 0 Å². The molecule has 4 rings (SSSR count). The predicted molar refractivity (Wildman–Crippen MR) is 109 cm³/mol. The van der Waals surface area contributed by atoms with Gasteiger partial charge in [-0.3, -0.25) is 0 Å². The number of halogens is 1. The molecule has 9 heteroatoms. The molecule has 1 aliphatic rings. The Labute approximate surface area is 173 Å². The zero-order valence-corrected chi connectivity index (χ0v) is 17.4. The number of methoxy groups -OCH3 is 2. The molecule has 30 heavy (non-hydrogen) atoms. The van der Waals surface area contributed by atoms with E-state index in [1.807, 2.05) is 31.0 Å². The highest BCUT2D eigenvalue weighted by atomic mass is 19.1. The molecule has 0 amide bonds. The normalized spacial score (nSPS) is 19.8. The number of carbonyl (C=O) groups excluding carboxylic acids is 1. The minimum atomic E-state index is -0.929. The molecule has 1 fully saturated rings. The molecule has 2 unspecified atom stereocenters. The van der Waals surface area contributed by atoms with E-state index in [1.165, 1.54) is 20.3 Å². The van der Waals surface area contributed by atoms with E-state index in [-0.39, 0.29) is 17.6 Å². The standard InChI is InChI=1S/C21H24FN5O3/c1-12-7-13-10-23-27(19-9-17(20(28)29-3)24-21(25-19)30-4)18(13)8-15(12)14-5-6-26(2)11-16(14)22/h7-10,14,16H,5-6,11H2,1-4H3. The number of carbonyl (C=O) groups is 1. The molecule has 8 nitrogen and oxygen atoms in total. The summed E-state index contributed by atoms with van der Waals surface area (Å²) >= 11 is 0. The van der Waals surface area contributed by atoms with Crippen molar-refractivity contribution in [1.82, 2.24) is 24.6 Å². The number of piperidine rings is 1. The Kier molecular flexibility index (Phi) is 5.38. The number of hydrogen-bond donors (Lipinski definition) is 0. The van der Waals surface area contributed by atoms with Gasteiger partial charge in [0.2, 0.25) is 0 Å². The van der Waals surface area contributed by atoms with Crippen LogP contribution in [-0.2, 0) is 4.74 Å². The van der Waals surface area contributed by atoms with Crippen molar-refractivity contribution >= 4 is 16.9 Å². The maximum atomic E-state index is 14.8. The van der Waals surface area contributed by atoms with E-state index in [2.05, 4.69) is 15.1 Å². The highest BCUT2D eigenvalue weighted by Gasteiger charge is 2.30. The Hall–Kier alpha value is -3.07. The number of likely N-dealkylation sites (tertiary alicyclic amines) is 1. The highest BCUT2D eigenvalue weighted by molar-refractivity contribution is 5.88. The summed E-state index contributed by atoms with van der Waals surface area (Å²) in [6.45, 7) is 3.28. The van der Waals surface area contributed by atoms with Gasteiger partial charge in [-0.1, -0.05) is 0 Å². The zero-order valence-electron chi connectivity index (χ0n) is 17.4. The van der Waals surface area contributed by atoms with Crippen LogP contribution in [-0.4, -0.2) is 71.1 Å². The third kappa shape index (κ3) is 3.60. The molecule has 158 valence electrons. The number of esters is 1. The van der Waals surface area contributed by atoms with Gasteiger partial charge in [-0.25, -0.2) is 13.9 Å². The fraction of sp³-hybridized carbons (Fsp3) is 0.429. The number of aromatic nitrogens is 4. The number of benzene rings is 1. The maximum absolute atomic E-state index is 14.8. The van der Waals surface area contributed by atoms with E-state index >= 15 is 0 Å². The van der Waals surface area contributed by atoms with Gasteiger partial charge in [0.05, 0.1) is 25.9 Å². The van der Waals surface area contributed by atoms with E-state index in [9.17, 15) is 9.18 Å². The predicted octanol–water partition coefficient (Wildman–Crippen LogP) is 2.68. The molecule has 0 bridgehead atoms. The lowest BCUT2D eigenvalue weighted by atomic mass is 9.85. The number of rotatable bonds is 4. The van der Waals surface area contributed by atoms with Crippen molar-refractivity contribution in [3.63, 3.8) is 0 Å². The fourth-order valence-corrected chi connectivity index (χ4v) is 4.01. The van der Waals surface area contributed by atoms with Crippen molar-refractivity contribution < 1.29 is 18.7 Å². The van der Waals surface area contributed by atoms with E-state index in [0.717, 1.165) is 35.0 Å². The molecule has 1 aliphatic heterocycles. The third-order valence-electron chi connectivity index (χ3n) is 5.59. The van der Waals surface area contributed by atoms with Crippen molar-refractivity contribution in [3.05, 3.63) is 41.2 Å². The first-order chi connectivity index (χ1) is 14.4. The first kappa shape index (κ1) is 20.2. The Bertz CT molecular complexity index is 1100. The minimum Gasteiger partial charge on any atom is -0.467 e. The molecule has 0 spiro atoms. The van der Waals surface area contributed by atoms with Gasteiger partial charge in [0, 0.05) is 23.9 Å². The third-order valence-corrected chi connectivity index (χ3v) is 5.59. The molecule has 2 atom stereocenters. The molecular weight excluding hydrogens is 389 g/mol. The van der Waals surface area contributed by atoms with Crippen molar-refractivity contribution in [2.45, 2.75) is 25.4 Å². The van der Waals surface area contributed by atoms with Gasteiger partial charge in [0.15, 0.2) is 11.5 Å². The quantitative estimate of drug-likeness (QED) is 0.608. The second kappa shape index (κ2) is 7.98. The zero-order chi connectivity index (χ0) is 21.4. The Morgan fingerprint density at radius 2 is 2.03 bits per heavy atom. The SMILES string of the molecule is COC(=O)c1cc(-n2ncc3cc(C)c(C4CCN(C)CC4F)cc32)nc(OC)n1. The lowest BCUT2D eigenvalue weighted by Gasteiger charge is -2.33. The Balaban J connectivity index is 1.82. The molecule has 3 aromatic rings. The van der Waals surface area contributed by atoms with Crippen LogP contribution in [0, 0.1) is 6.92 Å². The van der Waals surface area contributed by atoms with Gasteiger partial charge < -0.3 is 14.4 Å². The average molecular weight is 413 g/mol. The summed E-state index contributed by atoms with van der Waals surface area (Å²) in [6, 6.07) is 5.52. The van der Waals surface area contributed by atoms with E-state index in [1.54, 1.807) is 10.9 Å². The van der Waals surface area contributed by atoms with Crippen LogP contribution in [0.2, 0.25) is 0 Å². The Morgan fingerprint density at radius 1 is 1.23 bits per heavy atom. The number of nitrogens with zero attached hydrogens (tertiary/aromatic N) is 5. The van der Waals surface area contributed by atoms with Gasteiger partial charge in [-0.2, -0.15) is 15.1 Å². The summed E-state index contributed by atoms with van der Waals surface area (Å²) < 4.78 is 26.4. The van der Waals surface area contributed by atoms with Crippen molar-refractivity contribution in [2.75, 3.05) is 34.4 Å². The molecule has 0 N–H and O–H groups in total. The van der Waals surface area contributed by atoms with Crippen molar-refractivity contribution in [2.24, 2.45) is 0 Å². The number of alkyl halides is 1. The largest absolute Gasteiger partial charge is 0.467 e. The molecule has 0 aliphatic carbocycles. The van der Waals surface area contributed by atoms with Gasteiger partial charge in [-0.05, 0) is 50.2 Å². The monoisotopic (exact) mass is 413 g/mol. The topological polar surface area (TPSA) is 82.4 Å². The summed E-state index contributed by atoms with van der Waals surface area (Å²) in [7, 11) is 4.64. The molecule has 1 saturated heterocycles. The van der Waals surface area contributed by atoms with Gasteiger partial charge in [0.1, 0.15) is 6.17 Å². The van der Waals surface area contributed by atoms with Gasteiger partial charge >= 0.3 is 12.0 Å². The molecule has 3 heterocycles. The van der Waals surface area contributed by atoms with Crippen LogP contribution < -0.4 is 4.74 Å². The van der Waals surface area contributed by atoms with E-state index in [4.69, 9.17) is 9.47 Å². The van der Waals surface area contributed by atoms with E-state index in [0.29, 0.717) is 12.4 Å². The summed E-state index contributed by atoms with van der Waals surface area (Å²) in [5.74, 6) is -0.400.